The fraction of sp³-hybridized carbons (Fsp3) is 1.00. The van der Waals surface area contributed by atoms with Crippen LogP contribution in [-0.4, -0.2) is 37.1 Å². The molecule has 0 radical (unpaired) electrons. The molecule has 0 heterocycles. The van der Waals surface area contributed by atoms with Gasteiger partial charge in [-0.3, -0.25) is 0 Å². The van der Waals surface area contributed by atoms with E-state index in [1.54, 1.807) is 0 Å². The zero-order chi connectivity index (χ0) is 13.1. The molecule has 1 atom stereocenters. The van der Waals surface area contributed by atoms with Gasteiger partial charge >= 0.3 is 0 Å². The standard InChI is InChI=1S/C15H34N2/c1-6-12-16-15(10-9-14(4)5)11-13-17(7-2)8-3/h14-16H,6-13H2,1-5H3. The van der Waals surface area contributed by atoms with Gasteiger partial charge < -0.3 is 10.2 Å². The molecule has 0 aliphatic heterocycles. The molecule has 2 heteroatoms. The average Bonchev–Trinajstić information content (AvgIpc) is 2.32. The third kappa shape index (κ3) is 9.61. The van der Waals surface area contributed by atoms with Gasteiger partial charge in [-0.1, -0.05) is 34.6 Å². The lowest BCUT2D eigenvalue weighted by molar-refractivity contribution is 0.273. The summed E-state index contributed by atoms with van der Waals surface area (Å²) in [6.07, 6.45) is 5.22. The number of nitrogens with zero attached hydrogens (tertiary/aromatic N) is 1. The molecule has 0 bridgehead atoms. The summed E-state index contributed by atoms with van der Waals surface area (Å²) >= 11 is 0. The lowest BCUT2D eigenvalue weighted by atomic mass is 10.0. The minimum absolute atomic E-state index is 0.720. The van der Waals surface area contributed by atoms with E-state index in [9.17, 15) is 0 Å². The molecule has 0 aromatic rings. The molecule has 0 spiro atoms. The summed E-state index contributed by atoms with van der Waals surface area (Å²) in [4.78, 5) is 2.52. The zero-order valence-corrected chi connectivity index (χ0v) is 12.8. The smallest absolute Gasteiger partial charge is 0.00793 e. The molecule has 0 saturated heterocycles. The molecule has 0 aromatic carbocycles. The predicted molar refractivity (Wildman–Crippen MR) is 78.6 cm³/mol. The van der Waals surface area contributed by atoms with Gasteiger partial charge in [0.1, 0.15) is 0 Å². The topological polar surface area (TPSA) is 15.3 Å². The molecule has 1 N–H and O–H groups in total. The Morgan fingerprint density at radius 3 is 2.06 bits per heavy atom. The normalized spacial score (nSPS) is 13.6. The maximum atomic E-state index is 3.70. The van der Waals surface area contributed by atoms with Crippen molar-refractivity contribution < 1.29 is 0 Å². The van der Waals surface area contributed by atoms with Crippen LogP contribution in [0.5, 0.6) is 0 Å². The van der Waals surface area contributed by atoms with Crippen LogP contribution in [0.25, 0.3) is 0 Å². The Balaban J connectivity index is 3.90. The van der Waals surface area contributed by atoms with Gasteiger partial charge in [0, 0.05) is 6.04 Å². The summed E-state index contributed by atoms with van der Waals surface area (Å²) in [5.74, 6) is 0.828. The summed E-state index contributed by atoms with van der Waals surface area (Å²) < 4.78 is 0. The van der Waals surface area contributed by atoms with Crippen LogP contribution in [0.2, 0.25) is 0 Å². The molecule has 17 heavy (non-hydrogen) atoms. The van der Waals surface area contributed by atoms with Crippen LogP contribution in [0.15, 0.2) is 0 Å². The maximum absolute atomic E-state index is 3.70. The molecule has 0 rings (SSSR count). The van der Waals surface area contributed by atoms with E-state index in [1.807, 2.05) is 0 Å². The van der Waals surface area contributed by atoms with Crippen molar-refractivity contribution in [2.75, 3.05) is 26.2 Å². The van der Waals surface area contributed by atoms with Gasteiger partial charge in [-0.15, -0.1) is 0 Å². The molecule has 0 amide bonds. The molecule has 1 unspecified atom stereocenters. The highest BCUT2D eigenvalue weighted by atomic mass is 15.1. The molecule has 0 aliphatic rings. The first kappa shape index (κ1) is 16.9. The van der Waals surface area contributed by atoms with Gasteiger partial charge in [0.05, 0.1) is 0 Å². The maximum Gasteiger partial charge on any atom is 0.00793 e. The van der Waals surface area contributed by atoms with E-state index < -0.39 is 0 Å². The van der Waals surface area contributed by atoms with Crippen LogP contribution in [-0.2, 0) is 0 Å². The van der Waals surface area contributed by atoms with Crippen LogP contribution < -0.4 is 5.32 Å². The molecule has 2 nitrogen and oxygen atoms in total. The Hall–Kier alpha value is -0.0800. The molecule has 0 saturated carbocycles. The van der Waals surface area contributed by atoms with Gasteiger partial charge in [-0.05, 0) is 57.8 Å². The molecular weight excluding hydrogens is 208 g/mol. The second kappa shape index (κ2) is 11.0. The Morgan fingerprint density at radius 1 is 0.941 bits per heavy atom. The first-order valence-electron chi connectivity index (χ1n) is 7.59. The van der Waals surface area contributed by atoms with Crippen LogP contribution in [0, 0.1) is 5.92 Å². The minimum Gasteiger partial charge on any atom is -0.314 e. The van der Waals surface area contributed by atoms with E-state index in [2.05, 4.69) is 44.8 Å². The van der Waals surface area contributed by atoms with Crippen molar-refractivity contribution in [3.05, 3.63) is 0 Å². The van der Waals surface area contributed by atoms with Gasteiger partial charge in [0.25, 0.3) is 0 Å². The molecular formula is C15H34N2. The highest BCUT2D eigenvalue weighted by molar-refractivity contribution is 4.70. The van der Waals surface area contributed by atoms with E-state index in [1.165, 1.54) is 51.9 Å². The summed E-state index contributed by atoms with van der Waals surface area (Å²) in [6.45, 7) is 16.2. The Labute approximate surface area is 109 Å². The number of rotatable bonds is 11. The SMILES string of the molecule is CCCNC(CCC(C)C)CCN(CC)CC. The van der Waals surface area contributed by atoms with Gasteiger partial charge in [-0.2, -0.15) is 0 Å². The second-order valence-electron chi connectivity index (χ2n) is 5.44. The summed E-state index contributed by atoms with van der Waals surface area (Å²) in [5.41, 5.74) is 0. The molecule has 0 aliphatic carbocycles. The van der Waals surface area contributed by atoms with Crippen molar-refractivity contribution in [2.24, 2.45) is 5.92 Å². The lowest BCUT2D eigenvalue weighted by Gasteiger charge is -2.24. The Morgan fingerprint density at radius 2 is 1.59 bits per heavy atom. The Bertz CT molecular complexity index is 153. The largest absolute Gasteiger partial charge is 0.314 e. The fourth-order valence-corrected chi connectivity index (χ4v) is 2.11. The number of hydrogen-bond donors (Lipinski definition) is 1. The lowest BCUT2D eigenvalue weighted by Crippen LogP contribution is -2.35. The van der Waals surface area contributed by atoms with E-state index in [-0.39, 0.29) is 0 Å². The molecule has 0 aromatic heterocycles. The average molecular weight is 242 g/mol. The monoisotopic (exact) mass is 242 g/mol. The summed E-state index contributed by atoms with van der Waals surface area (Å²) in [7, 11) is 0. The van der Waals surface area contributed by atoms with Gasteiger partial charge in [0.2, 0.25) is 0 Å². The van der Waals surface area contributed by atoms with Crippen molar-refractivity contribution in [3.63, 3.8) is 0 Å². The number of nitrogens with one attached hydrogen (secondary N) is 1. The highest BCUT2D eigenvalue weighted by Crippen LogP contribution is 2.10. The molecule has 0 fully saturated rings. The predicted octanol–water partition coefficient (Wildman–Crippen LogP) is 3.52. The summed E-state index contributed by atoms with van der Waals surface area (Å²) in [5, 5.41) is 3.70. The van der Waals surface area contributed by atoms with E-state index in [4.69, 9.17) is 0 Å². The van der Waals surface area contributed by atoms with Crippen LogP contribution in [0.1, 0.15) is 60.3 Å². The first-order valence-corrected chi connectivity index (χ1v) is 7.59. The van der Waals surface area contributed by atoms with Crippen molar-refractivity contribution in [1.82, 2.24) is 10.2 Å². The van der Waals surface area contributed by atoms with Gasteiger partial charge in [0.15, 0.2) is 0 Å². The first-order chi connectivity index (χ1) is 8.13. The quantitative estimate of drug-likeness (QED) is 0.596. The van der Waals surface area contributed by atoms with Crippen molar-refractivity contribution in [2.45, 2.75) is 66.3 Å². The molecule has 104 valence electrons. The van der Waals surface area contributed by atoms with Crippen LogP contribution in [0.3, 0.4) is 0 Å². The van der Waals surface area contributed by atoms with E-state index in [0.29, 0.717) is 0 Å². The minimum atomic E-state index is 0.720. The summed E-state index contributed by atoms with van der Waals surface area (Å²) in [6, 6.07) is 0.720. The third-order valence-electron chi connectivity index (χ3n) is 3.46. The number of hydrogen-bond acceptors (Lipinski definition) is 2. The zero-order valence-electron chi connectivity index (χ0n) is 12.8. The van der Waals surface area contributed by atoms with Crippen molar-refractivity contribution in [3.8, 4) is 0 Å². The van der Waals surface area contributed by atoms with E-state index >= 15 is 0 Å². The fourth-order valence-electron chi connectivity index (χ4n) is 2.11. The van der Waals surface area contributed by atoms with Crippen molar-refractivity contribution in [1.29, 1.82) is 0 Å². The van der Waals surface area contributed by atoms with E-state index in [0.717, 1.165) is 12.0 Å². The highest BCUT2D eigenvalue weighted by Gasteiger charge is 2.10. The third-order valence-corrected chi connectivity index (χ3v) is 3.46. The van der Waals surface area contributed by atoms with Gasteiger partial charge in [-0.25, -0.2) is 0 Å². The van der Waals surface area contributed by atoms with Crippen molar-refractivity contribution >= 4 is 0 Å². The van der Waals surface area contributed by atoms with Crippen LogP contribution >= 0.6 is 0 Å². The second-order valence-corrected chi connectivity index (χ2v) is 5.44. The Kier molecular flexibility index (Phi) is 11.0. The van der Waals surface area contributed by atoms with Crippen LogP contribution in [0.4, 0.5) is 0 Å².